The second kappa shape index (κ2) is 4.32. The average Bonchev–Trinajstić information content (AvgIpc) is 2.28. The van der Waals surface area contributed by atoms with Crippen molar-refractivity contribution >= 4 is 33.4 Å². The largest absolute Gasteiger partial charge is 0.458 e. The molecule has 0 fully saturated rings. The predicted molar refractivity (Wildman–Crippen MR) is 66.6 cm³/mol. The zero-order valence-electron chi connectivity index (χ0n) is 8.73. The molecule has 0 unspecified atom stereocenters. The Hall–Kier alpha value is -0.920. The van der Waals surface area contributed by atoms with Gasteiger partial charge in [-0.25, -0.2) is 0 Å². The number of halogens is 6. The van der Waals surface area contributed by atoms with Gasteiger partial charge in [0.25, 0.3) is 0 Å². The van der Waals surface area contributed by atoms with Gasteiger partial charge in [-0.15, -0.1) is 0 Å². The third-order valence-corrected chi connectivity index (χ3v) is 3.72. The molecule has 0 saturated heterocycles. The maximum Gasteiger partial charge on any atom is 0.458 e. The molecule has 96 valence electrons. The lowest BCUT2D eigenvalue weighted by atomic mass is 10.0. The van der Waals surface area contributed by atoms with Crippen LogP contribution in [0, 0.1) is 3.57 Å². The maximum absolute atomic E-state index is 13.3. The molecule has 0 aliphatic heterocycles. The molecule has 6 heteroatoms. The van der Waals surface area contributed by atoms with E-state index in [-0.39, 0.29) is 3.57 Å². The lowest BCUT2D eigenvalue weighted by Crippen LogP contribution is -2.34. The van der Waals surface area contributed by atoms with Crippen LogP contribution in [0.2, 0.25) is 0 Å². The quantitative estimate of drug-likeness (QED) is 0.483. The molecule has 0 atom stereocenters. The SMILES string of the molecule is FC(F)(F)C(F)(F)c1ccc2ccccc2c1I. The molecule has 0 heterocycles. The van der Waals surface area contributed by atoms with Crippen LogP contribution in [0.15, 0.2) is 36.4 Å². The van der Waals surface area contributed by atoms with Crippen molar-refractivity contribution in [1.82, 2.24) is 0 Å². The summed E-state index contributed by atoms with van der Waals surface area (Å²) >= 11 is 1.52. The first-order valence-corrected chi connectivity index (χ1v) is 5.95. The smallest absolute Gasteiger partial charge is 0.191 e. The standard InChI is InChI=1S/C12H6F5I/c13-11(14,12(15,16)17)9-6-5-7-3-1-2-4-8(7)10(9)18/h1-6H. The van der Waals surface area contributed by atoms with Crippen LogP contribution in [0.5, 0.6) is 0 Å². The molecular weight excluding hydrogens is 366 g/mol. The summed E-state index contributed by atoms with van der Waals surface area (Å²) in [5.41, 5.74) is -1.01. The topological polar surface area (TPSA) is 0 Å². The van der Waals surface area contributed by atoms with Crippen molar-refractivity contribution in [3.63, 3.8) is 0 Å². The van der Waals surface area contributed by atoms with E-state index >= 15 is 0 Å². The fourth-order valence-corrected chi connectivity index (χ4v) is 2.64. The van der Waals surface area contributed by atoms with Crippen LogP contribution in [0.3, 0.4) is 0 Å². The molecule has 0 amide bonds. The van der Waals surface area contributed by atoms with Crippen LogP contribution in [-0.2, 0) is 5.92 Å². The van der Waals surface area contributed by atoms with E-state index in [1.54, 1.807) is 18.2 Å². The monoisotopic (exact) mass is 372 g/mol. The van der Waals surface area contributed by atoms with Gasteiger partial charge in [0.15, 0.2) is 0 Å². The number of hydrogen-bond acceptors (Lipinski definition) is 0. The highest BCUT2D eigenvalue weighted by atomic mass is 127. The van der Waals surface area contributed by atoms with Crippen LogP contribution >= 0.6 is 22.6 Å². The van der Waals surface area contributed by atoms with Crippen molar-refractivity contribution in [3.05, 3.63) is 45.5 Å². The maximum atomic E-state index is 13.3. The van der Waals surface area contributed by atoms with Gasteiger partial charge in [0.1, 0.15) is 0 Å². The van der Waals surface area contributed by atoms with Gasteiger partial charge in [-0.2, -0.15) is 22.0 Å². The molecule has 0 spiro atoms. The predicted octanol–water partition coefficient (Wildman–Crippen LogP) is 5.10. The van der Waals surface area contributed by atoms with E-state index in [1.165, 1.54) is 34.7 Å². The highest BCUT2D eigenvalue weighted by molar-refractivity contribution is 14.1. The summed E-state index contributed by atoms with van der Waals surface area (Å²) in [5, 5.41) is 1.02. The first-order chi connectivity index (χ1) is 8.25. The second-order valence-corrected chi connectivity index (χ2v) is 4.80. The van der Waals surface area contributed by atoms with Gasteiger partial charge in [0, 0.05) is 9.13 Å². The van der Waals surface area contributed by atoms with Gasteiger partial charge in [-0.3, -0.25) is 0 Å². The summed E-state index contributed by atoms with van der Waals surface area (Å²) in [6, 6.07) is 8.57. The highest BCUT2D eigenvalue weighted by Gasteiger charge is 2.59. The Morgan fingerprint density at radius 2 is 1.44 bits per heavy atom. The lowest BCUT2D eigenvalue weighted by molar-refractivity contribution is -0.289. The van der Waals surface area contributed by atoms with Crippen molar-refractivity contribution < 1.29 is 22.0 Å². The molecule has 18 heavy (non-hydrogen) atoms. The first-order valence-electron chi connectivity index (χ1n) is 4.87. The normalized spacial score (nSPS) is 13.0. The third kappa shape index (κ3) is 2.06. The van der Waals surface area contributed by atoms with Gasteiger partial charge in [-0.05, 0) is 33.4 Å². The van der Waals surface area contributed by atoms with E-state index in [0.717, 1.165) is 6.07 Å². The molecule has 2 aromatic carbocycles. The molecule has 0 radical (unpaired) electrons. The summed E-state index contributed by atoms with van der Waals surface area (Å²) in [6.07, 6.45) is -5.59. The molecule has 0 bridgehead atoms. The number of fused-ring (bicyclic) bond motifs is 1. The molecule has 0 saturated carbocycles. The van der Waals surface area contributed by atoms with Gasteiger partial charge in [-0.1, -0.05) is 36.4 Å². The minimum atomic E-state index is -5.59. The van der Waals surface area contributed by atoms with Gasteiger partial charge in [0.2, 0.25) is 0 Å². The summed E-state index contributed by atoms with van der Waals surface area (Å²) in [4.78, 5) is 0. The molecular formula is C12H6F5I. The summed E-state index contributed by atoms with van der Waals surface area (Å²) in [5.74, 6) is -4.84. The van der Waals surface area contributed by atoms with Crippen LogP contribution in [0.1, 0.15) is 5.56 Å². The van der Waals surface area contributed by atoms with E-state index in [1.807, 2.05) is 0 Å². The van der Waals surface area contributed by atoms with Crippen LogP contribution < -0.4 is 0 Å². The Morgan fingerprint density at radius 1 is 0.833 bits per heavy atom. The fraction of sp³-hybridized carbons (Fsp3) is 0.167. The van der Waals surface area contributed by atoms with Crippen molar-refractivity contribution in [2.45, 2.75) is 12.1 Å². The minimum absolute atomic E-state index is 0.0759. The zero-order valence-corrected chi connectivity index (χ0v) is 10.9. The first kappa shape index (κ1) is 13.5. The Kier molecular flexibility index (Phi) is 3.25. The van der Waals surface area contributed by atoms with Crippen LogP contribution in [-0.4, -0.2) is 6.18 Å². The van der Waals surface area contributed by atoms with E-state index in [4.69, 9.17) is 0 Å². The molecule has 0 aliphatic rings. The average molecular weight is 372 g/mol. The van der Waals surface area contributed by atoms with Crippen molar-refractivity contribution in [3.8, 4) is 0 Å². The molecule has 0 N–H and O–H groups in total. The molecule has 0 aliphatic carbocycles. The van der Waals surface area contributed by atoms with E-state index in [2.05, 4.69) is 0 Å². The summed E-state index contributed by atoms with van der Waals surface area (Å²) < 4.78 is 63.6. The Morgan fingerprint density at radius 3 is 2.06 bits per heavy atom. The van der Waals surface area contributed by atoms with Gasteiger partial charge < -0.3 is 0 Å². The summed E-state index contributed by atoms with van der Waals surface area (Å²) in [6.45, 7) is 0. The number of hydrogen-bond donors (Lipinski definition) is 0. The van der Waals surface area contributed by atoms with Crippen molar-refractivity contribution in [1.29, 1.82) is 0 Å². The fourth-order valence-electron chi connectivity index (χ4n) is 1.63. The van der Waals surface area contributed by atoms with E-state index in [0.29, 0.717) is 10.8 Å². The van der Waals surface area contributed by atoms with Crippen LogP contribution in [0.25, 0.3) is 10.8 Å². The van der Waals surface area contributed by atoms with Gasteiger partial charge >= 0.3 is 12.1 Å². The molecule has 0 nitrogen and oxygen atoms in total. The van der Waals surface area contributed by atoms with Crippen molar-refractivity contribution in [2.24, 2.45) is 0 Å². The molecule has 2 rings (SSSR count). The van der Waals surface area contributed by atoms with Crippen molar-refractivity contribution in [2.75, 3.05) is 0 Å². The molecule has 0 aromatic heterocycles. The second-order valence-electron chi connectivity index (χ2n) is 3.72. The number of alkyl halides is 5. The Balaban J connectivity index is 2.70. The minimum Gasteiger partial charge on any atom is -0.191 e. The number of rotatable bonds is 1. The lowest BCUT2D eigenvalue weighted by Gasteiger charge is -2.21. The van der Waals surface area contributed by atoms with Gasteiger partial charge in [0.05, 0.1) is 0 Å². The highest BCUT2D eigenvalue weighted by Crippen LogP contribution is 2.46. The van der Waals surface area contributed by atoms with E-state index in [9.17, 15) is 22.0 Å². The van der Waals surface area contributed by atoms with E-state index < -0.39 is 17.7 Å². The number of benzene rings is 2. The van der Waals surface area contributed by atoms with Crippen LogP contribution in [0.4, 0.5) is 22.0 Å². The summed E-state index contributed by atoms with van der Waals surface area (Å²) in [7, 11) is 0. The molecule has 2 aromatic rings. The Labute approximate surface area is 113 Å². The zero-order chi connectivity index (χ0) is 13.6. The Bertz CT molecular complexity index is 589. The third-order valence-electron chi connectivity index (χ3n) is 2.56.